The molecule has 0 bridgehead atoms. The van der Waals surface area contributed by atoms with Crippen molar-refractivity contribution < 1.29 is 14.2 Å². The van der Waals surface area contributed by atoms with Crippen molar-refractivity contribution in [3.8, 4) is 11.5 Å². The summed E-state index contributed by atoms with van der Waals surface area (Å²) in [5, 5.41) is 10.5. The van der Waals surface area contributed by atoms with E-state index in [0.29, 0.717) is 0 Å². The Morgan fingerprint density at radius 3 is 2.75 bits per heavy atom. The molecule has 0 amide bonds. The van der Waals surface area contributed by atoms with Crippen LogP contribution in [0.5, 0.6) is 11.5 Å². The number of aryl methyl sites for hydroxylation is 1. The van der Waals surface area contributed by atoms with Crippen LogP contribution in [0.25, 0.3) is 10.9 Å². The first kappa shape index (κ1) is 12.5. The molecule has 4 heteroatoms. The molecule has 0 saturated carbocycles. The molecule has 0 saturated heterocycles. The third-order valence-corrected chi connectivity index (χ3v) is 3.34. The van der Waals surface area contributed by atoms with Gasteiger partial charge in [0.15, 0.2) is 11.6 Å². The van der Waals surface area contributed by atoms with Crippen LogP contribution in [0.4, 0.5) is 4.39 Å². The number of hydrogen-bond donors (Lipinski definition) is 1. The van der Waals surface area contributed by atoms with Crippen LogP contribution in [0.15, 0.2) is 48.5 Å². The van der Waals surface area contributed by atoms with Gasteiger partial charge < -0.3 is 14.4 Å². The highest BCUT2D eigenvalue weighted by Gasteiger charge is 2.08. The van der Waals surface area contributed by atoms with Gasteiger partial charge in [0.2, 0.25) is 0 Å². The van der Waals surface area contributed by atoms with E-state index < -0.39 is 0 Å². The molecule has 2 aromatic carbocycles. The first-order chi connectivity index (χ1) is 9.65. The molecule has 3 aromatic rings. The first-order valence-electron chi connectivity index (χ1n) is 6.30. The predicted molar refractivity (Wildman–Crippen MR) is 75.3 cm³/mol. The minimum atomic E-state index is -0.371. The molecule has 0 spiro atoms. The molecule has 0 aliphatic rings. The van der Waals surface area contributed by atoms with Crippen molar-refractivity contribution in [2.75, 3.05) is 0 Å². The minimum Gasteiger partial charge on any atom is -0.508 e. The Hall–Kier alpha value is -2.49. The summed E-state index contributed by atoms with van der Waals surface area (Å²) in [6.45, 7) is 0.271. The molecule has 0 aliphatic heterocycles. The second kappa shape index (κ2) is 4.89. The van der Waals surface area contributed by atoms with E-state index >= 15 is 0 Å². The van der Waals surface area contributed by atoms with Crippen LogP contribution in [0.1, 0.15) is 5.69 Å². The second-order valence-corrected chi connectivity index (χ2v) is 4.66. The standard InChI is InChI=1S/C16H14FNO2/c1-18-12(8-11-6-7-13(19)9-15(11)18)10-20-16-5-3-2-4-14(16)17/h2-9,19H,10H2,1H3. The molecule has 3 nitrogen and oxygen atoms in total. The Balaban J connectivity index is 1.88. The third-order valence-electron chi connectivity index (χ3n) is 3.34. The van der Waals surface area contributed by atoms with Crippen molar-refractivity contribution in [3.05, 3.63) is 60.0 Å². The predicted octanol–water partition coefficient (Wildman–Crippen LogP) is 3.60. The van der Waals surface area contributed by atoms with Crippen molar-refractivity contribution in [2.45, 2.75) is 6.61 Å². The Bertz CT molecular complexity index is 764. The van der Waals surface area contributed by atoms with Gasteiger partial charge in [-0.05, 0) is 30.3 Å². The molecule has 102 valence electrons. The summed E-state index contributed by atoms with van der Waals surface area (Å²) in [6.07, 6.45) is 0. The van der Waals surface area contributed by atoms with E-state index in [4.69, 9.17) is 4.74 Å². The molecule has 0 unspecified atom stereocenters. The Morgan fingerprint density at radius 1 is 1.15 bits per heavy atom. The lowest BCUT2D eigenvalue weighted by Gasteiger charge is -2.08. The van der Waals surface area contributed by atoms with Crippen LogP contribution in [-0.2, 0) is 13.7 Å². The van der Waals surface area contributed by atoms with Crippen LogP contribution < -0.4 is 4.74 Å². The Kier molecular flexibility index (Phi) is 3.06. The number of para-hydroxylation sites is 1. The second-order valence-electron chi connectivity index (χ2n) is 4.66. The summed E-state index contributed by atoms with van der Waals surface area (Å²) in [5.41, 5.74) is 1.82. The number of benzene rings is 2. The van der Waals surface area contributed by atoms with Gasteiger partial charge >= 0.3 is 0 Å². The summed E-state index contributed by atoms with van der Waals surface area (Å²) in [7, 11) is 1.89. The molecule has 0 radical (unpaired) electrons. The number of fused-ring (bicyclic) bond motifs is 1. The maximum atomic E-state index is 13.5. The van der Waals surface area contributed by atoms with E-state index in [1.807, 2.05) is 23.7 Å². The average Bonchev–Trinajstić information content (AvgIpc) is 2.75. The van der Waals surface area contributed by atoms with E-state index in [-0.39, 0.29) is 23.9 Å². The average molecular weight is 271 g/mol. The largest absolute Gasteiger partial charge is 0.508 e. The maximum absolute atomic E-state index is 13.5. The van der Waals surface area contributed by atoms with Gasteiger partial charge in [-0.15, -0.1) is 0 Å². The molecule has 0 atom stereocenters. The SMILES string of the molecule is Cn1c(COc2ccccc2F)cc2ccc(O)cc21. The van der Waals surface area contributed by atoms with E-state index in [2.05, 4.69) is 0 Å². The van der Waals surface area contributed by atoms with Crippen molar-refractivity contribution >= 4 is 10.9 Å². The highest BCUT2D eigenvalue weighted by Crippen LogP contribution is 2.24. The lowest BCUT2D eigenvalue weighted by atomic mass is 10.2. The number of rotatable bonds is 3. The zero-order chi connectivity index (χ0) is 14.1. The zero-order valence-corrected chi connectivity index (χ0v) is 11.0. The highest BCUT2D eigenvalue weighted by atomic mass is 19.1. The first-order valence-corrected chi connectivity index (χ1v) is 6.30. The van der Waals surface area contributed by atoms with Gasteiger partial charge in [0.05, 0.1) is 11.2 Å². The number of aromatic hydroxyl groups is 1. The fraction of sp³-hybridized carbons (Fsp3) is 0.125. The summed E-state index contributed by atoms with van der Waals surface area (Å²) >= 11 is 0. The van der Waals surface area contributed by atoms with Crippen LogP contribution in [0.2, 0.25) is 0 Å². The number of halogens is 1. The number of ether oxygens (including phenoxy) is 1. The van der Waals surface area contributed by atoms with Gasteiger partial charge in [0.25, 0.3) is 0 Å². The number of hydrogen-bond acceptors (Lipinski definition) is 2. The molecule has 1 N–H and O–H groups in total. The fourth-order valence-corrected chi connectivity index (χ4v) is 2.23. The van der Waals surface area contributed by atoms with Crippen molar-refractivity contribution in [1.29, 1.82) is 0 Å². The summed E-state index contributed by atoms with van der Waals surface area (Å²) in [5.74, 6) is 0.0878. The topological polar surface area (TPSA) is 34.4 Å². The van der Waals surface area contributed by atoms with Crippen LogP contribution in [0, 0.1) is 5.82 Å². The lowest BCUT2D eigenvalue weighted by Crippen LogP contribution is -2.02. The summed E-state index contributed by atoms with van der Waals surface area (Å²) in [6, 6.07) is 13.5. The molecular formula is C16H14FNO2. The number of phenols is 1. The van der Waals surface area contributed by atoms with Crippen LogP contribution >= 0.6 is 0 Å². The fourth-order valence-electron chi connectivity index (χ4n) is 2.23. The number of aromatic nitrogens is 1. The quantitative estimate of drug-likeness (QED) is 0.789. The van der Waals surface area contributed by atoms with Crippen LogP contribution in [-0.4, -0.2) is 9.67 Å². The summed E-state index contributed by atoms with van der Waals surface area (Å²) in [4.78, 5) is 0. The maximum Gasteiger partial charge on any atom is 0.165 e. The Morgan fingerprint density at radius 2 is 1.95 bits per heavy atom. The minimum absolute atomic E-state index is 0.222. The van der Waals surface area contributed by atoms with Crippen molar-refractivity contribution in [3.63, 3.8) is 0 Å². The summed E-state index contributed by atoms with van der Waals surface area (Å²) < 4.78 is 20.9. The van der Waals surface area contributed by atoms with E-state index in [1.54, 1.807) is 30.3 Å². The third kappa shape index (κ3) is 2.20. The van der Waals surface area contributed by atoms with Gasteiger partial charge in [0, 0.05) is 18.5 Å². The molecular weight excluding hydrogens is 257 g/mol. The van der Waals surface area contributed by atoms with Gasteiger partial charge in [-0.3, -0.25) is 0 Å². The van der Waals surface area contributed by atoms with Crippen LogP contribution in [0.3, 0.4) is 0 Å². The monoisotopic (exact) mass is 271 g/mol. The number of nitrogens with zero attached hydrogens (tertiary/aromatic N) is 1. The van der Waals surface area contributed by atoms with Crippen molar-refractivity contribution in [1.82, 2.24) is 4.57 Å². The van der Waals surface area contributed by atoms with E-state index in [1.165, 1.54) is 6.07 Å². The molecule has 0 aliphatic carbocycles. The van der Waals surface area contributed by atoms with Gasteiger partial charge in [-0.2, -0.15) is 0 Å². The van der Waals surface area contributed by atoms with Gasteiger partial charge in [-0.25, -0.2) is 4.39 Å². The smallest absolute Gasteiger partial charge is 0.165 e. The van der Waals surface area contributed by atoms with E-state index in [0.717, 1.165) is 16.6 Å². The molecule has 1 aromatic heterocycles. The highest BCUT2D eigenvalue weighted by molar-refractivity contribution is 5.82. The van der Waals surface area contributed by atoms with Gasteiger partial charge in [0.1, 0.15) is 12.4 Å². The lowest BCUT2D eigenvalue weighted by molar-refractivity contribution is 0.283. The molecule has 1 heterocycles. The molecule has 0 fully saturated rings. The van der Waals surface area contributed by atoms with E-state index in [9.17, 15) is 9.50 Å². The zero-order valence-electron chi connectivity index (χ0n) is 11.0. The normalized spacial score (nSPS) is 10.9. The molecule has 20 heavy (non-hydrogen) atoms. The Labute approximate surface area is 115 Å². The van der Waals surface area contributed by atoms with Crippen molar-refractivity contribution in [2.24, 2.45) is 7.05 Å². The molecule has 3 rings (SSSR count). The van der Waals surface area contributed by atoms with Gasteiger partial charge in [-0.1, -0.05) is 12.1 Å². The number of phenolic OH excluding ortho intramolecular Hbond substituents is 1.